The smallest absolute Gasteiger partial charge is 0.417 e. The quantitative estimate of drug-likeness (QED) is 0.434. The monoisotopic (exact) mass is 269 g/mol. The average molecular weight is 269 g/mol. The van der Waals surface area contributed by atoms with E-state index < -0.39 is 0 Å². The Morgan fingerprint density at radius 1 is 0.789 bits per heavy atom. The number of hydrogen-bond acceptors (Lipinski definition) is 2. The van der Waals surface area contributed by atoms with Crippen molar-refractivity contribution in [3.8, 4) is 0 Å². The lowest BCUT2D eigenvalue weighted by molar-refractivity contribution is 0.259. The van der Waals surface area contributed by atoms with E-state index in [-0.39, 0.29) is 0 Å². The fourth-order valence-corrected chi connectivity index (χ4v) is 2.52. The molecule has 2 atom stereocenters. The molecule has 0 bridgehead atoms. The van der Waals surface area contributed by atoms with Gasteiger partial charge in [-0.15, -0.1) is 0 Å². The molecule has 0 N–H and O–H groups in total. The third-order valence-corrected chi connectivity index (χ3v) is 3.87. The van der Waals surface area contributed by atoms with Gasteiger partial charge in [0, 0.05) is 0 Å². The van der Waals surface area contributed by atoms with E-state index in [1.54, 1.807) is 0 Å². The first-order valence-corrected chi connectivity index (χ1v) is 8.05. The Labute approximate surface area is 120 Å². The van der Waals surface area contributed by atoms with Crippen molar-refractivity contribution in [1.29, 1.82) is 0 Å². The Bertz CT molecular complexity index is 201. The highest BCUT2D eigenvalue weighted by Gasteiger charge is 2.06. The standard InChI is InChI=1S/C17H33O2/c1-15(2)8-5-9-16(3)10-6-11-17(4)12-7-13-19-14-18/h15-17H,5-13H2,1-4H3. The first-order chi connectivity index (χ1) is 9.06. The summed E-state index contributed by atoms with van der Waals surface area (Å²) in [4.78, 5) is 9.88. The second-order valence-corrected chi connectivity index (χ2v) is 6.54. The second-order valence-electron chi connectivity index (χ2n) is 6.54. The van der Waals surface area contributed by atoms with Gasteiger partial charge in [0.05, 0.1) is 6.61 Å². The highest BCUT2D eigenvalue weighted by Crippen LogP contribution is 2.20. The number of rotatable bonds is 13. The summed E-state index contributed by atoms with van der Waals surface area (Å²) in [6, 6.07) is 0. The van der Waals surface area contributed by atoms with Gasteiger partial charge in [0.15, 0.2) is 0 Å². The minimum Gasteiger partial charge on any atom is -0.457 e. The average Bonchev–Trinajstić information content (AvgIpc) is 2.34. The zero-order valence-corrected chi connectivity index (χ0v) is 13.4. The molecule has 1 radical (unpaired) electrons. The first-order valence-electron chi connectivity index (χ1n) is 8.05. The van der Waals surface area contributed by atoms with Crippen LogP contribution in [0, 0.1) is 17.8 Å². The lowest BCUT2D eigenvalue weighted by atomic mass is 9.92. The molecule has 0 heterocycles. The molecule has 0 spiro atoms. The fourth-order valence-electron chi connectivity index (χ4n) is 2.52. The van der Waals surface area contributed by atoms with Gasteiger partial charge in [-0.1, -0.05) is 66.2 Å². The molecule has 0 rings (SSSR count). The summed E-state index contributed by atoms with van der Waals surface area (Å²) >= 11 is 0. The van der Waals surface area contributed by atoms with Gasteiger partial charge >= 0.3 is 6.47 Å². The summed E-state index contributed by atoms with van der Waals surface area (Å²) < 4.78 is 4.58. The summed E-state index contributed by atoms with van der Waals surface area (Å²) in [5, 5.41) is 0. The van der Waals surface area contributed by atoms with Crippen LogP contribution >= 0.6 is 0 Å². The van der Waals surface area contributed by atoms with Crippen molar-refractivity contribution in [3.05, 3.63) is 0 Å². The predicted molar refractivity (Wildman–Crippen MR) is 81.7 cm³/mol. The summed E-state index contributed by atoms with van der Waals surface area (Å²) in [5.74, 6) is 2.47. The van der Waals surface area contributed by atoms with Crippen LogP contribution < -0.4 is 0 Å². The molecule has 0 aromatic rings. The van der Waals surface area contributed by atoms with E-state index in [4.69, 9.17) is 0 Å². The van der Waals surface area contributed by atoms with Gasteiger partial charge in [0.25, 0.3) is 0 Å². The Kier molecular flexibility index (Phi) is 12.2. The van der Waals surface area contributed by atoms with Crippen LogP contribution in [0.4, 0.5) is 0 Å². The minimum absolute atomic E-state index is 0.527. The number of carbonyl (C=O) groups excluding carboxylic acids is 1. The maximum absolute atomic E-state index is 9.88. The van der Waals surface area contributed by atoms with Crippen LogP contribution in [-0.4, -0.2) is 13.1 Å². The van der Waals surface area contributed by atoms with Crippen molar-refractivity contribution in [2.24, 2.45) is 17.8 Å². The molecule has 0 aliphatic heterocycles. The van der Waals surface area contributed by atoms with Crippen LogP contribution in [0.2, 0.25) is 0 Å². The van der Waals surface area contributed by atoms with Gasteiger partial charge in [-0.25, -0.2) is 4.79 Å². The fraction of sp³-hybridized carbons (Fsp3) is 0.941. The number of hydrogen-bond donors (Lipinski definition) is 0. The van der Waals surface area contributed by atoms with Crippen molar-refractivity contribution < 1.29 is 9.53 Å². The van der Waals surface area contributed by atoms with Crippen molar-refractivity contribution in [3.63, 3.8) is 0 Å². The number of ether oxygens (including phenoxy) is 1. The third-order valence-electron chi connectivity index (χ3n) is 3.87. The maximum atomic E-state index is 9.88. The molecule has 0 aromatic heterocycles. The highest BCUT2D eigenvalue weighted by atomic mass is 16.5. The summed E-state index contributed by atoms with van der Waals surface area (Å²) in [6.45, 7) is 11.3. The maximum Gasteiger partial charge on any atom is 0.417 e. The molecule has 0 amide bonds. The van der Waals surface area contributed by atoms with E-state index in [1.807, 2.05) is 0 Å². The molecule has 19 heavy (non-hydrogen) atoms. The lowest BCUT2D eigenvalue weighted by Crippen LogP contribution is -2.01. The van der Waals surface area contributed by atoms with E-state index in [2.05, 4.69) is 32.4 Å². The van der Waals surface area contributed by atoms with E-state index in [1.165, 1.54) is 45.0 Å². The van der Waals surface area contributed by atoms with Crippen LogP contribution in [0.25, 0.3) is 0 Å². The van der Waals surface area contributed by atoms with Gasteiger partial charge in [0.2, 0.25) is 0 Å². The van der Waals surface area contributed by atoms with Crippen molar-refractivity contribution in [2.45, 2.75) is 79.1 Å². The van der Waals surface area contributed by atoms with Gasteiger partial charge in [-0.3, -0.25) is 0 Å². The Balaban J connectivity index is 3.37. The van der Waals surface area contributed by atoms with Crippen LogP contribution in [0.15, 0.2) is 0 Å². The van der Waals surface area contributed by atoms with Crippen molar-refractivity contribution >= 4 is 6.47 Å². The molecular formula is C17H33O2. The zero-order chi connectivity index (χ0) is 14.5. The summed E-state index contributed by atoms with van der Waals surface area (Å²) in [6.07, 6.45) is 10.3. The molecule has 0 aromatic carbocycles. The molecule has 2 unspecified atom stereocenters. The second kappa shape index (κ2) is 12.5. The SMILES string of the molecule is CC(C)CCCC(C)CCCC(C)CCCO[C]=O. The van der Waals surface area contributed by atoms with E-state index in [0.717, 1.165) is 30.6 Å². The Hall–Kier alpha value is -0.530. The molecule has 113 valence electrons. The Morgan fingerprint density at radius 2 is 1.26 bits per heavy atom. The third kappa shape index (κ3) is 13.7. The summed E-state index contributed by atoms with van der Waals surface area (Å²) in [5.41, 5.74) is 0. The molecule has 0 saturated heterocycles. The van der Waals surface area contributed by atoms with Gasteiger partial charge in [-0.05, 0) is 30.6 Å². The van der Waals surface area contributed by atoms with Crippen LogP contribution in [-0.2, 0) is 9.53 Å². The van der Waals surface area contributed by atoms with E-state index >= 15 is 0 Å². The molecule has 2 heteroatoms. The lowest BCUT2D eigenvalue weighted by Gasteiger charge is -2.14. The van der Waals surface area contributed by atoms with Crippen LogP contribution in [0.3, 0.4) is 0 Å². The largest absolute Gasteiger partial charge is 0.457 e. The van der Waals surface area contributed by atoms with Gasteiger partial charge in [-0.2, -0.15) is 0 Å². The van der Waals surface area contributed by atoms with Crippen molar-refractivity contribution in [1.82, 2.24) is 0 Å². The minimum atomic E-state index is 0.527. The summed E-state index contributed by atoms with van der Waals surface area (Å²) in [7, 11) is 0. The first kappa shape index (κ1) is 18.5. The Morgan fingerprint density at radius 3 is 1.74 bits per heavy atom. The molecular weight excluding hydrogens is 236 g/mol. The normalized spacial score (nSPS) is 14.4. The van der Waals surface area contributed by atoms with Crippen LogP contribution in [0.5, 0.6) is 0 Å². The molecule has 0 aliphatic rings. The molecule has 0 fully saturated rings. The molecule has 0 saturated carbocycles. The highest BCUT2D eigenvalue weighted by molar-refractivity contribution is 5.37. The van der Waals surface area contributed by atoms with Crippen molar-refractivity contribution in [2.75, 3.05) is 6.61 Å². The van der Waals surface area contributed by atoms with E-state index in [9.17, 15) is 4.79 Å². The molecule has 0 aliphatic carbocycles. The molecule has 2 nitrogen and oxygen atoms in total. The van der Waals surface area contributed by atoms with Gasteiger partial charge in [0.1, 0.15) is 0 Å². The van der Waals surface area contributed by atoms with Gasteiger partial charge < -0.3 is 4.74 Å². The zero-order valence-electron chi connectivity index (χ0n) is 13.4. The topological polar surface area (TPSA) is 26.3 Å². The van der Waals surface area contributed by atoms with Crippen LogP contribution in [0.1, 0.15) is 79.1 Å². The van der Waals surface area contributed by atoms with E-state index in [0.29, 0.717) is 6.61 Å². The predicted octanol–water partition coefficient (Wildman–Crippen LogP) is 5.12.